The predicted octanol–water partition coefficient (Wildman–Crippen LogP) is 8.88. The zero-order valence-corrected chi connectivity index (χ0v) is 33.2. The second kappa shape index (κ2) is 20.6. The second-order valence-corrected chi connectivity index (χ2v) is 16.6. The van der Waals surface area contributed by atoms with Gasteiger partial charge in [-0.05, 0) is 110 Å². The van der Waals surface area contributed by atoms with Crippen molar-refractivity contribution in [3.8, 4) is 11.5 Å². The number of benzene rings is 2. The van der Waals surface area contributed by atoms with Crippen LogP contribution >= 0.6 is 23.5 Å². The number of hydrogen-bond donors (Lipinski definition) is 2. The van der Waals surface area contributed by atoms with E-state index in [1.807, 2.05) is 49.3 Å². The van der Waals surface area contributed by atoms with Crippen LogP contribution in [0.1, 0.15) is 68.9 Å². The number of ether oxygens (including phenoxy) is 3. The Labute approximate surface area is 329 Å². The minimum absolute atomic E-state index is 0.0362. The van der Waals surface area contributed by atoms with Crippen molar-refractivity contribution in [2.75, 3.05) is 44.5 Å². The van der Waals surface area contributed by atoms with Gasteiger partial charge >= 0.3 is 0 Å². The molecule has 3 aromatic rings. The molecule has 290 valence electrons. The third-order valence-electron chi connectivity index (χ3n) is 10.7. The molecule has 0 spiro atoms. The lowest BCUT2D eigenvalue weighted by Crippen LogP contribution is -2.64. The summed E-state index contributed by atoms with van der Waals surface area (Å²) in [6.45, 7) is 7.78. The monoisotopic (exact) mass is 772 g/mol. The number of aryl methyl sites for hydroxylation is 1. The van der Waals surface area contributed by atoms with Crippen molar-refractivity contribution in [2.45, 2.75) is 80.1 Å². The van der Waals surface area contributed by atoms with E-state index in [-0.39, 0.29) is 42.1 Å². The lowest BCUT2D eigenvalue weighted by Gasteiger charge is -2.58. The number of aliphatic hydroxyl groups is 2. The fourth-order valence-electron chi connectivity index (χ4n) is 8.41. The molecule has 10 heteroatoms. The van der Waals surface area contributed by atoms with Crippen molar-refractivity contribution >= 4 is 29.2 Å². The molecule has 1 fully saturated rings. The fraction of sp³-hybridized carbons (Fsp3) is 0.500. The van der Waals surface area contributed by atoms with Crippen LogP contribution in [0.15, 0.2) is 107 Å². The molecule has 6 unspecified atom stereocenters. The quantitative estimate of drug-likeness (QED) is 0.0449. The SMILES string of the molecule is C=CCOC12Oc3ccc(OCCSc4ccccc4)cc3C3C(CCCCO)C(CCCCO)C=C(C(=NOCC)CC1SCCc1ccncc1)C32. The minimum Gasteiger partial charge on any atom is -0.493 e. The largest absolute Gasteiger partial charge is 0.493 e. The molecule has 1 saturated carbocycles. The highest BCUT2D eigenvalue weighted by Gasteiger charge is 2.63. The summed E-state index contributed by atoms with van der Waals surface area (Å²) in [6.07, 6.45) is 14.7. The standard InChI is InChI=1S/C44H56N2O6S2/c1-3-25-50-44-41(54-27-20-32-18-21-45-22-19-32)31-39(46-51-4-2)37-29-33(12-8-10-23-47)36(15-9-11-24-48)42(43(37)44)38-30-34(16-17-40(38)52-44)49-26-28-53-35-13-6-5-7-14-35/h3,5-7,13-14,16-19,21-22,29-30,33,36,41-43,47-48H,1,4,8-12,15,20,23-28,31H2,2H3. The Hall–Kier alpha value is -3.28. The molecule has 2 heterocycles. The van der Waals surface area contributed by atoms with Gasteiger partial charge < -0.3 is 29.3 Å². The molecule has 2 aliphatic carbocycles. The van der Waals surface area contributed by atoms with Crippen LogP contribution in [0.4, 0.5) is 0 Å². The Morgan fingerprint density at radius 1 is 1.00 bits per heavy atom. The van der Waals surface area contributed by atoms with Crippen LogP contribution in [-0.4, -0.2) is 76.5 Å². The summed E-state index contributed by atoms with van der Waals surface area (Å²) in [5, 5.41) is 24.4. The van der Waals surface area contributed by atoms with Gasteiger partial charge in [0.15, 0.2) is 0 Å². The van der Waals surface area contributed by atoms with E-state index < -0.39 is 5.79 Å². The molecular weight excluding hydrogens is 717 g/mol. The number of aromatic nitrogens is 1. The number of oxime groups is 1. The van der Waals surface area contributed by atoms with Gasteiger partial charge in [-0.2, -0.15) is 11.8 Å². The number of aliphatic hydroxyl groups excluding tert-OH is 2. The summed E-state index contributed by atoms with van der Waals surface area (Å²) in [5.74, 6) is 2.75. The molecule has 0 bridgehead atoms. The van der Waals surface area contributed by atoms with Crippen molar-refractivity contribution in [1.82, 2.24) is 4.98 Å². The molecule has 6 rings (SSSR count). The third-order valence-corrected chi connectivity index (χ3v) is 13.1. The summed E-state index contributed by atoms with van der Waals surface area (Å²) in [4.78, 5) is 11.3. The number of rotatable bonds is 22. The van der Waals surface area contributed by atoms with E-state index in [0.29, 0.717) is 26.2 Å². The first kappa shape index (κ1) is 40.4. The van der Waals surface area contributed by atoms with E-state index in [9.17, 15) is 10.2 Å². The zero-order chi connectivity index (χ0) is 37.6. The third kappa shape index (κ3) is 9.74. The zero-order valence-electron chi connectivity index (χ0n) is 31.5. The molecule has 8 nitrogen and oxygen atoms in total. The molecule has 6 atom stereocenters. The number of allylic oxidation sites excluding steroid dienone is 1. The Kier molecular flexibility index (Phi) is 15.4. The molecule has 1 aliphatic heterocycles. The van der Waals surface area contributed by atoms with Crippen molar-refractivity contribution in [3.05, 3.63) is 108 Å². The molecule has 0 radical (unpaired) electrons. The number of unbranched alkanes of at least 4 members (excludes halogenated alkanes) is 2. The van der Waals surface area contributed by atoms with Gasteiger partial charge in [0.05, 0.1) is 30.1 Å². The Morgan fingerprint density at radius 2 is 1.80 bits per heavy atom. The highest BCUT2D eigenvalue weighted by atomic mass is 32.2. The lowest BCUT2D eigenvalue weighted by atomic mass is 9.56. The summed E-state index contributed by atoms with van der Waals surface area (Å²) in [6, 6.07) is 20.9. The Balaban J connectivity index is 1.42. The van der Waals surface area contributed by atoms with Gasteiger partial charge in [-0.1, -0.05) is 48.3 Å². The summed E-state index contributed by atoms with van der Waals surface area (Å²) >= 11 is 3.66. The molecule has 2 N–H and O–H groups in total. The van der Waals surface area contributed by atoms with Crippen LogP contribution in [0.2, 0.25) is 0 Å². The van der Waals surface area contributed by atoms with E-state index in [4.69, 9.17) is 24.2 Å². The van der Waals surface area contributed by atoms with Crippen molar-refractivity contribution in [1.29, 1.82) is 0 Å². The van der Waals surface area contributed by atoms with Crippen molar-refractivity contribution < 1.29 is 29.3 Å². The van der Waals surface area contributed by atoms with Gasteiger partial charge in [-0.25, -0.2) is 0 Å². The van der Waals surface area contributed by atoms with E-state index in [0.717, 1.165) is 84.8 Å². The van der Waals surface area contributed by atoms with E-state index in [1.54, 1.807) is 11.8 Å². The first-order valence-corrected chi connectivity index (χ1v) is 21.7. The number of thioether (sulfide) groups is 2. The summed E-state index contributed by atoms with van der Waals surface area (Å²) in [5.41, 5.74) is 4.49. The van der Waals surface area contributed by atoms with Crippen LogP contribution < -0.4 is 9.47 Å². The number of pyridine rings is 1. The van der Waals surface area contributed by atoms with Crippen molar-refractivity contribution in [3.63, 3.8) is 0 Å². The molecule has 1 aromatic heterocycles. The van der Waals surface area contributed by atoms with Crippen LogP contribution in [0.5, 0.6) is 11.5 Å². The highest BCUT2D eigenvalue weighted by molar-refractivity contribution is 8.00. The van der Waals surface area contributed by atoms with E-state index in [2.05, 4.69) is 66.2 Å². The summed E-state index contributed by atoms with van der Waals surface area (Å²) < 4.78 is 20.8. The van der Waals surface area contributed by atoms with Gasteiger partial charge in [-0.3, -0.25) is 4.98 Å². The topological polar surface area (TPSA) is 103 Å². The maximum atomic E-state index is 9.88. The number of nitrogens with zero attached hydrogens (tertiary/aromatic N) is 2. The predicted molar refractivity (Wildman–Crippen MR) is 220 cm³/mol. The van der Waals surface area contributed by atoms with Gasteiger partial charge in [0.2, 0.25) is 5.79 Å². The second-order valence-electron chi connectivity index (χ2n) is 14.1. The average molecular weight is 773 g/mol. The Morgan fingerprint density at radius 3 is 2.56 bits per heavy atom. The van der Waals surface area contributed by atoms with Crippen LogP contribution in [0.25, 0.3) is 0 Å². The molecule has 2 aromatic carbocycles. The van der Waals surface area contributed by atoms with Crippen LogP contribution in [0.3, 0.4) is 0 Å². The molecule has 3 aliphatic rings. The lowest BCUT2D eigenvalue weighted by molar-refractivity contribution is -0.223. The molecule has 0 saturated heterocycles. The maximum Gasteiger partial charge on any atom is 0.230 e. The Bertz CT molecular complexity index is 1670. The number of hydrogen-bond acceptors (Lipinski definition) is 10. The van der Waals surface area contributed by atoms with Gasteiger partial charge in [0.25, 0.3) is 0 Å². The first-order valence-electron chi connectivity index (χ1n) is 19.6. The van der Waals surface area contributed by atoms with Crippen LogP contribution in [-0.2, 0) is 16.0 Å². The highest BCUT2D eigenvalue weighted by Crippen LogP contribution is 2.62. The minimum atomic E-state index is -0.980. The normalized spacial score (nSPS) is 24.9. The van der Waals surface area contributed by atoms with E-state index in [1.165, 1.54) is 10.5 Å². The van der Waals surface area contributed by atoms with Crippen molar-refractivity contribution in [2.24, 2.45) is 22.9 Å². The van der Waals surface area contributed by atoms with E-state index >= 15 is 0 Å². The molecule has 0 amide bonds. The number of fused-ring (bicyclic) bond motifs is 2. The maximum absolute atomic E-state index is 9.88. The van der Waals surface area contributed by atoms with Gasteiger partial charge in [0, 0.05) is 54.2 Å². The fourth-order valence-corrected chi connectivity index (χ4v) is 10.6. The smallest absolute Gasteiger partial charge is 0.230 e. The van der Waals surface area contributed by atoms with Gasteiger partial charge in [0.1, 0.15) is 18.1 Å². The van der Waals surface area contributed by atoms with Gasteiger partial charge in [-0.15, -0.1) is 18.3 Å². The molecular formula is C44H56N2O6S2. The first-order chi connectivity index (χ1) is 26.6. The molecule has 54 heavy (non-hydrogen) atoms. The van der Waals surface area contributed by atoms with Crippen LogP contribution in [0, 0.1) is 17.8 Å². The summed E-state index contributed by atoms with van der Waals surface area (Å²) in [7, 11) is 0. The average Bonchev–Trinajstić information content (AvgIpc) is 3.20.